The van der Waals surface area contributed by atoms with Gasteiger partial charge in [0.25, 0.3) is 0 Å². The van der Waals surface area contributed by atoms with Crippen LogP contribution in [0, 0.1) is 0 Å². The van der Waals surface area contributed by atoms with Crippen LogP contribution in [0.2, 0.25) is 0 Å². The van der Waals surface area contributed by atoms with E-state index in [1.165, 1.54) is 11.1 Å². The highest BCUT2D eigenvalue weighted by molar-refractivity contribution is 5.74. The van der Waals surface area contributed by atoms with Crippen LogP contribution in [0.5, 0.6) is 0 Å². The maximum atomic E-state index is 12.5. The number of rotatable bonds is 5. The van der Waals surface area contributed by atoms with Crippen molar-refractivity contribution in [3.05, 3.63) is 78.6 Å². The van der Waals surface area contributed by atoms with E-state index in [1.54, 1.807) is 6.20 Å². The highest BCUT2D eigenvalue weighted by Gasteiger charge is 2.31. The molecule has 0 saturated carbocycles. The fraction of sp³-hybridized carbons (Fsp3) is 0.300. The Morgan fingerprint density at radius 3 is 2.81 bits per heavy atom. The molecule has 2 N–H and O–H groups in total. The van der Waals surface area contributed by atoms with Crippen LogP contribution >= 0.6 is 0 Å². The zero-order valence-corrected chi connectivity index (χ0v) is 14.6. The molecule has 1 aromatic carbocycles. The van der Waals surface area contributed by atoms with Gasteiger partial charge >= 0.3 is 6.03 Å². The van der Waals surface area contributed by atoms with Crippen molar-refractivity contribution >= 4 is 6.03 Å². The van der Waals surface area contributed by atoms with Crippen molar-refractivity contribution in [2.75, 3.05) is 6.54 Å². The van der Waals surface area contributed by atoms with Crippen LogP contribution in [0.15, 0.2) is 67.5 Å². The van der Waals surface area contributed by atoms with Gasteiger partial charge in [0.1, 0.15) is 0 Å². The molecule has 4 rings (SSSR count). The Hall–Kier alpha value is -3.02. The summed E-state index contributed by atoms with van der Waals surface area (Å²) >= 11 is 0. The lowest BCUT2D eigenvalue weighted by atomic mass is 9.84. The monoisotopic (exact) mass is 349 g/mol. The number of aromatic nitrogens is 3. The number of imidazole rings is 1. The third-order valence-corrected chi connectivity index (χ3v) is 5.00. The molecule has 0 spiro atoms. The molecule has 2 aromatic heterocycles. The van der Waals surface area contributed by atoms with Gasteiger partial charge in [0.2, 0.25) is 0 Å². The minimum atomic E-state index is -0.135. The van der Waals surface area contributed by atoms with Crippen molar-refractivity contribution in [2.24, 2.45) is 0 Å². The number of amides is 2. The molecule has 0 bridgehead atoms. The van der Waals surface area contributed by atoms with Crippen molar-refractivity contribution in [3.8, 4) is 0 Å². The average Bonchev–Trinajstić information content (AvgIpc) is 3.36. The number of hydrogen-bond acceptors (Lipinski definition) is 2. The Labute approximate surface area is 152 Å². The molecule has 3 aromatic rings. The first-order valence-electron chi connectivity index (χ1n) is 9.01. The molecular weight excluding hydrogens is 326 g/mol. The van der Waals surface area contributed by atoms with E-state index in [9.17, 15) is 4.79 Å². The van der Waals surface area contributed by atoms with E-state index in [1.807, 2.05) is 47.7 Å². The Kier molecular flexibility index (Phi) is 4.73. The average molecular weight is 349 g/mol. The van der Waals surface area contributed by atoms with Gasteiger partial charge < -0.3 is 19.8 Å². The molecule has 1 aliphatic rings. The molecule has 26 heavy (non-hydrogen) atoms. The third-order valence-electron chi connectivity index (χ3n) is 5.00. The largest absolute Gasteiger partial charge is 0.353 e. The number of urea groups is 1. The van der Waals surface area contributed by atoms with E-state index < -0.39 is 0 Å². The molecule has 2 amide bonds. The molecule has 0 saturated heterocycles. The van der Waals surface area contributed by atoms with E-state index in [0.717, 1.165) is 19.4 Å². The van der Waals surface area contributed by atoms with E-state index in [4.69, 9.17) is 0 Å². The quantitative estimate of drug-likeness (QED) is 0.744. The summed E-state index contributed by atoms with van der Waals surface area (Å²) in [5.41, 5.74) is 2.50. The number of fused-ring (bicyclic) bond motifs is 1. The van der Waals surface area contributed by atoms with Gasteiger partial charge in [-0.25, -0.2) is 9.78 Å². The molecule has 6 heteroatoms. The minimum Gasteiger partial charge on any atom is -0.353 e. The first-order chi connectivity index (χ1) is 12.8. The smallest absolute Gasteiger partial charge is 0.315 e. The number of carbonyl (C=O) groups excluding carboxylic acids is 1. The Bertz CT molecular complexity index is 841. The topological polar surface area (TPSA) is 63.9 Å². The van der Waals surface area contributed by atoms with Gasteiger partial charge in [-0.2, -0.15) is 0 Å². The highest BCUT2D eigenvalue weighted by Crippen LogP contribution is 2.37. The lowest BCUT2D eigenvalue weighted by Crippen LogP contribution is -2.43. The Morgan fingerprint density at radius 2 is 2.00 bits per heavy atom. The SMILES string of the molecule is O=C(NCCn1cccc1)N[C@@H]1c2ccccc2CC[C@H]1n1ccnc1. The number of hydrogen-bond donors (Lipinski definition) is 2. The summed E-state index contributed by atoms with van der Waals surface area (Å²) in [5.74, 6) is 0. The number of aryl methyl sites for hydroxylation is 1. The second-order valence-electron chi connectivity index (χ2n) is 6.61. The van der Waals surface area contributed by atoms with Crippen molar-refractivity contribution in [1.29, 1.82) is 0 Å². The van der Waals surface area contributed by atoms with Crippen LogP contribution in [-0.4, -0.2) is 26.7 Å². The fourth-order valence-electron chi connectivity index (χ4n) is 3.71. The van der Waals surface area contributed by atoms with Crippen LogP contribution in [0.3, 0.4) is 0 Å². The molecule has 0 radical (unpaired) electrons. The maximum Gasteiger partial charge on any atom is 0.315 e. The summed E-state index contributed by atoms with van der Waals surface area (Å²) in [6.45, 7) is 1.34. The first-order valence-corrected chi connectivity index (χ1v) is 9.01. The number of nitrogens with zero attached hydrogens (tertiary/aromatic N) is 3. The highest BCUT2D eigenvalue weighted by atomic mass is 16.2. The summed E-state index contributed by atoms with van der Waals surface area (Å²) < 4.78 is 4.14. The minimum absolute atomic E-state index is 0.0688. The van der Waals surface area contributed by atoms with Gasteiger partial charge in [0.15, 0.2) is 0 Å². The molecule has 2 atom stereocenters. The van der Waals surface area contributed by atoms with Crippen molar-refractivity contribution in [3.63, 3.8) is 0 Å². The van der Waals surface area contributed by atoms with E-state index in [-0.39, 0.29) is 18.1 Å². The van der Waals surface area contributed by atoms with Crippen LogP contribution in [0.4, 0.5) is 4.79 Å². The summed E-state index contributed by atoms with van der Waals surface area (Å²) in [6.07, 6.45) is 11.6. The van der Waals surface area contributed by atoms with Crippen molar-refractivity contribution < 1.29 is 4.79 Å². The van der Waals surface area contributed by atoms with Crippen LogP contribution in [0.1, 0.15) is 29.6 Å². The second-order valence-corrected chi connectivity index (χ2v) is 6.61. The zero-order valence-electron chi connectivity index (χ0n) is 14.6. The molecule has 2 heterocycles. The van der Waals surface area contributed by atoms with Gasteiger partial charge in [-0.15, -0.1) is 0 Å². The molecule has 6 nitrogen and oxygen atoms in total. The summed E-state index contributed by atoms with van der Waals surface area (Å²) in [6, 6.07) is 12.3. The summed E-state index contributed by atoms with van der Waals surface area (Å²) in [5, 5.41) is 6.15. The fourth-order valence-corrected chi connectivity index (χ4v) is 3.71. The normalized spacial score (nSPS) is 18.9. The third kappa shape index (κ3) is 3.49. The summed E-state index contributed by atoms with van der Waals surface area (Å²) in [7, 11) is 0. The molecular formula is C20H23N5O. The lowest BCUT2D eigenvalue weighted by Gasteiger charge is -2.35. The van der Waals surface area contributed by atoms with Crippen LogP contribution in [0.25, 0.3) is 0 Å². The molecule has 0 unspecified atom stereocenters. The van der Waals surface area contributed by atoms with Crippen molar-refractivity contribution in [2.45, 2.75) is 31.5 Å². The van der Waals surface area contributed by atoms with E-state index in [0.29, 0.717) is 6.54 Å². The standard InChI is InChI=1S/C20H23N5O/c26-20(22-10-13-24-11-3-4-12-24)23-19-17-6-2-1-5-16(17)7-8-18(19)25-14-9-21-15-25/h1-6,9,11-12,14-15,18-19H,7-8,10,13H2,(H2,22,23,26)/t18-,19-/m1/s1. The zero-order chi connectivity index (χ0) is 17.8. The number of carbonyl (C=O) groups is 1. The van der Waals surface area contributed by atoms with E-state index >= 15 is 0 Å². The molecule has 0 aliphatic heterocycles. The second kappa shape index (κ2) is 7.47. The summed E-state index contributed by atoms with van der Waals surface area (Å²) in [4.78, 5) is 16.7. The van der Waals surface area contributed by atoms with Gasteiger partial charge in [-0.3, -0.25) is 0 Å². The van der Waals surface area contributed by atoms with Gasteiger partial charge in [0, 0.05) is 37.9 Å². The van der Waals surface area contributed by atoms with Crippen molar-refractivity contribution in [1.82, 2.24) is 24.8 Å². The van der Waals surface area contributed by atoms with Crippen LogP contribution < -0.4 is 10.6 Å². The first kappa shape index (κ1) is 16.4. The van der Waals surface area contributed by atoms with Crippen LogP contribution in [-0.2, 0) is 13.0 Å². The predicted octanol–water partition coefficient (Wildman–Crippen LogP) is 2.91. The Balaban J connectivity index is 1.46. The number of benzene rings is 1. The van der Waals surface area contributed by atoms with Gasteiger partial charge in [0.05, 0.1) is 18.4 Å². The van der Waals surface area contributed by atoms with Gasteiger partial charge in [-0.1, -0.05) is 24.3 Å². The molecule has 134 valence electrons. The Morgan fingerprint density at radius 1 is 1.15 bits per heavy atom. The van der Waals surface area contributed by atoms with Gasteiger partial charge in [-0.05, 0) is 36.1 Å². The molecule has 1 aliphatic carbocycles. The predicted molar refractivity (Wildman–Crippen MR) is 99.7 cm³/mol. The van der Waals surface area contributed by atoms with E-state index in [2.05, 4.69) is 38.4 Å². The maximum absolute atomic E-state index is 12.5. The molecule has 0 fully saturated rings. The lowest BCUT2D eigenvalue weighted by molar-refractivity contribution is 0.227. The number of nitrogens with one attached hydrogen (secondary N) is 2.